The van der Waals surface area contributed by atoms with Crippen LogP contribution in [0.5, 0.6) is 0 Å². The molecule has 2 atom stereocenters. The Bertz CT molecular complexity index is 105. The molecule has 0 amide bonds. The van der Waals surface area contributed by atoms with Crippen LogP contribution in [0.25, 0.3) is 0 Å². The first-order valence-electron chi connectivity index (χ1n) is 3.85. The van der Waals surface area contributed by atoms with Crippen molar-refractivity contribution < 1.29 is 15.3 Å². The molecule has 0 radical (unpaired) electrons. The van der Waals surface area contributed by atoms with Crippen molar-refractivity contribution in [3.05, 3.63) is 0 Å². The van der Waals surface area contributed by atoms with E-state index in [4.69, 9.17) is 0 Å². The van der Waals surface area contributed by atoms with E-state index in [-0.39, 0.29) is 0 Å². The number of hydrogen-bond acceptors (Lipinski definition) is 3. The average Bonchev–Trinajstić information content (AvgIpc) is 1.54. The van der Waals surface area contributed by atoms with Gasteiger partial charge in [0.25, 0.3) is 0 Å². The maximum Gasteiger partial charge on any atom is 0.0669 e. The van der Waals surface area contributed by atoms with Gasteiger partial charge >= 0.3 is 0 Å². The summed E-state index contributed by atoms with van der Waals surface area (Å²) in [5, 5.41) is 27.9. The highest BCUT2D eigenvalue weighted by Gasteiger charge is 2.34. The van der Waals surface area contributed by atoms with Crippen LogP contribution in [0.1, 0.15) is 27.7 Å². The van der Waals surface area contributed by atoms with E-state index in [2.05, 4.69) is 0 Å². The van der Waals surface area contributed by atoms with Crippen LogP contribution in [-0.2, 0) is 0 Å². The monoisotopic (exact) mass is 162 g/mol. The van der Waals surface area contributed by atoms with E-state index >= 15 is 0 Å². The maximum atomic E-state index is 9.50. The Morgan fingerprint density at radius 1 is 1.00 bits per heavy atom. The van der Waals surface area contributed by atoms with Crippen LogP contribution in [0.3, 0.4) is 0 Å². The molecule has 0 fully saturated rings. The molecule has 0 saturated carbocycles. The molecule has 0 bridgehead atoms. The Labute approximate surface area is 67.7 Å². The average molecular weight is 162 g/mol. The first-order valence-corrected chi connectivity index (χ1v) is 3.85. The molecule has 0 rings (SSSR count). The predicted molar refractivity (Wildman–Crippen MR) is 43.1 cm³/mol. The number of rotatable bonds is 3. The van der Waals surface area contributed by atoms with Crippen molar-refractivity contribution >= 4 is 0 Å². The lowest BCUT2D eigenvalue weighted by Gasteiger charge is -2.33. The van der Waals surface area contributed by atoms with E-state index < -0.39 is 23.7 Å². The lowest BCUT2D eigenvalue weighted by Crippen LogP contribution is -2.44. The highest BCUT2D eigenvalue weighted by atomic mass is 16.3. The SMILES string of the molecule is CC(O)C(C(C)O)C(C)(C)O. The van der Waals surface area contributed by atoms with E-state index in [1.807, 2.05) is 0 Å². The summed E-state index contributed by atoms with van der Waals surface area (Å²) in [7, 11) is 0. The summed E-state index contributed by atoms with van der Waals surface area (Å²) in [6, 6.07) is 0. The van der Waals surface area contributed by atoms with Gasteiger partial charge < -0.3 is 15.3 Å². The molecular formula is C8H18O3. The van der Waals surface area contributed by atoms with E-state index in [1.165, 1.54) is 0 Å². The molecule has 0 saturated heterocycles. The fourth-order valence-corrected chi connectivity index (χ4v) is 1.58. The fraction of sp³-hybridized carbons (Fsp3) is 1.00. The lowest BCUT2D eigenvalue weighted by molar-refractivity contribution is -0.0904. The second kappa shape index (κ2) is 3.52. The van der Waals surface area contributed by atoms with Gasteiger partial charge in [0.15, 0.2) is 0 Å². The summed E-state index contributed by atoms with van der Waals surface area (Å²) < 4.78 is 0. The van der Waals surface area contributed by atoms with Crippen molar-refractivity contribution in [3.63, 3.8) is 0 Å². The van der Waals surface area contributed by atoms with Crippen molar-refractivity contribution in [2.45, 2.75) is 45.5 Å². The largest absolute Gasteiger partial charge is 0.393 e. The molecule has 0 heterocycles. The number of aliphatic hydroxyl groups is 3. The van der Waals surface area contributed by atoms with Crippen LogP contribution in [0, 0.1) is 5.92 Å². The van der Waals surface area contributed by atoms with Crippen LogP contribution < -0.4 is 0 Å². The van der Waals surface area contributed by atoms with Crippen LogP contribution >= 0.6 is 0 Å². The highest BCUT2D eigenvalue weighted by Crippen LogP contribution is 2.23. The van der Waals surface area contributed by atoms with Gasteiger partial charge in [-0.2, -0.15) is 0 Å². The predicted octanol–water partition coefficient (Wildman–Crippen LogP) is 0.135. The molecule has 2 unspecified atom stereocenters. The van der Waals surface area contributed by atoms with Crippen molar-refractivity contribution in [2.75, 3.05) is 0 Å². The molecule has 0 aliphatic carbocycles. The van der Waals surface area contributed by atoms with E-state index in [0.29, 0.717) is 0 Å². The van der Waals surface area contributed by atoms with Gasteiger partial charge in [-0.1, -0.05) is 0 Å². The Balaban J connectivity index is 4.35. The van der Waals surface area contributed by atoms with Gasteiger partial charge in [0.1, 0.15) is 0 Å². The Kier molecular flexibility index (Phi) is 3.48. The normalized spacial score (nSPS) is 21.0. The topological polar surface area (TPSA) is 60.7 Å². The zero-order valence-corrected chi connectivity index (χ0v) is 7.57. The van der Waals surface area contributed by atoms with Crippen molar-refractivity contribution in [1.29, 1.82) is 0 Å². The van der Waals surface area contributed by atoms with Gasteiger partial charge in [0, 0.05) is 5.92 Å². The zero-order valence-electron chi connectivity index (χ0n) is 7.57. The smallest absolute Gasteiger partial charge is 0.0669 e. The van der Waals surface area contributed by atoms with Crippen LogP contribution in [-0.4, -0.2) is 33.1 Å². The third kappa shape index (κ3) is 3.18. The van der Waals surface area contributed by atoms with Crippen molar-refractivity contribution in [2.24, 2.45) is 5.92 Å². The molecule has 11 heavy (non-hydrogen) atoms. The van der Waals surface area contributed by atoms with Crippen LogP contribution in [0.4, 0.5) is 0 Å². The van der Waals surface area contributed by atoms with Crippen molar-refractivity contribution in [3.8, 4) is 0 Å². The molecule has 0 aromatic carbocycles. The molecular weight excluding hydrogens is 144 g/mol. The van der Waals surface area contributed by atoms with Crippen LogP contribution in [0.15, 0.2) is 0 Å². The standard InChI is InChI=1S/C8H18O3/c1-5(9)7(6(2)10)8(3,4)11/h5-7,9-11H,1-4H3. The molecule has 3 heteroatoms. The molecule has 3 nitrogen and oxygen atoms in total. The maximum absolute atomic E-state index is 9.50. The molecule has 0 aliphatic rings. The van der Waals surface area contributed by atoms with E-state index in [9.17, 15) is 15.3 Å². The summed E-state index contributed by atoms with van der Waals surface area (Å²) in [5.74, 6) is -0.498. The van der Waals surface area contributed by atoms with E-state index in [0.717, 1.165) is 0 Å². The minimum atomic E-state index is -1.04. The van der Waals surface area contributed by atoms with Gasteiger partial charge in [-0.3, -0.25) is 0 Å². The highest BCUT2D eigenvalue weighted by molar-refractivity contribution is 4.84. The second-order valence-corrected chi connectivity index (χ2v) is 3.66. The molecule has 0 spiro atoms. The molecule has 0 aromatic heterocycles. The molecule has 3 N–H and O–H groups in total. The third-order valence-corrected chi connectivity index (χ3v) is 1.86. The van der Waals surface area contributed by atoms with Crippen molar-refractivity contribution in [1.82, 2.24) is 0 Å². The third-order valence-electron chi connectivity index (χ3n) is 1.86. The Morgan fingerprint density at radius 3 is 1.27 bits per heavy atom. The summed E-state index contributed by atoms with van der Waals surface area (Å²) in [4.78, 5) is 0. The minimum Gasteiger partial charge on any atom is -0.393 e. The number of hydrogen-bond donors (Lipinski definition) is 3. The van der Waals surface area contributed by atoms with Gasteiger partial charge in [0.05, 0.1) is 17.8 Å². The number of aliphatic hydroxyl groups excluding tert-OH is 2. The van der Waals surface area contributed by atoms with Gasteiger partial charge in [0.2, 0.25) is 0 Å². The van der Waals surface area contributed by atoms with Gasteiger partial charge in [-0.25, -0.2) is 0 Å². The minimum absolute atomic E-state index is 0.498. The molecule has 0 aromatic rings. The Hall–Kier alpha value is -0.120. The summed E-state index contributed by atoms with van der Waals surface area (Å²) in [5.41, 5.74) is -1.04. The van der Waals surface area contributed by atoms with Gasteiger partial charge in [-0.15, -0.1) is 0 Å². The second-order valence-electron chi connectivity index (χ2n) is 3.66. The van der Waals surface area contributed by atoms with Gasteiger partial charge in [-0.05, 0) is 27.7 Å². The summed E-state index contributed by atoms with van der Waals surface area (Å²) in [6.07, 6.45) is -1.40. The zero-order chi connectivity index (χ0) is 9.23. The van der Waals surface area contributed by atoms with Crippen LogP contribution in [0.2, 0.25) is 0 Å². The molecule has 0 aliphatic heterocycles. The summed E-state index contributed by atoms with van der Waals surface area (Å²) in [6.45, 7) is 6.29. The fourth-order valence-electron chi connectivity index (χ4n) is 1.58. The Morgan fingerprint density at radius 2 is 1.27 bits per heavy atom. The quantitative estimate of drug-likeness (QED) is 0.553. The van der Waals surface area contributed by atoms with E-state index in [1.54, 1.807) is 27.7 Å². The summed E-state index contributed by atoms with van der Waals surface area (Å²) >= 11 is 0. The first-order chi connectivity index (χ1) is 4.76. The lowest BCUT2D eigenvalue weighted by atomic mass is 9.83. The first kappa shape index (κ1) is 10.9. The molecule has 68 valence electrons.